The van der Waals surface area contributed by atoms with Gasteiger partial charge in [0, 0.05) is 5.54 Å². The van der Waals surface area contributed by atoms with Gasteiger partial charge in [0.1, 0.15) is 0 Å². The lowest BCUT2D eigenvalue weighted by molar-refractivity contribution is 0.396. The van der Waals surface area contributed by atoms with Crippen molar-refractivity contribution in [2.45, 2.75) is 46.6 Å². The molecule has 3 nitrogen and oxygen atoms in total. The zero-order valence-electron chi connectivity index (χ0n) is 9.92. The molecule has 0 aromatic heterocycles. The minimum Gasteiger partial charge on any atom is -0.325 e. The molecule has 0 aliphatic rings. The molecule has 0 atom stereocenters. The van der Waals surface area contributed by atoms with Gasteiger partial charge in [0.25, 0.3) is 0 Å². The van der Waals surface area contributed by atoms with Crippen LogP contribution in [0.15, 0.2) is 0 Å². The smallest absolute Gasteiger partial charge is 0.152 e. The third kappa shape index (κ3) is 8.51. The fraction of sp³-hybridized carbons (Fsp3) is 1.00. The van der Waals surface area contributed by atoms with Crippen LogP contribution in [-0.4, -0.2) is 25.5 Å². The molecule has 0 bridgehead atoms. The Morgan fingerprint density at radius 1 is 1.07 bits per heavy atom. The highest BCUT2D eigenvalue weighted by Gasteiger charge is 2.23. The van der Waals surface area contributed by atoms with E-state index in [2.05, 4.69) is 0 Å². The summed E-state index contributed by atoms with van der Waals surface area (Å²) >= 11 is 0. The molecule has 0 heterocycles. The van der Waals surface area contributed by atoms with Gasteiger partial charge in [-0.05, 0) is 25.7 Å². The van der Waals surface area contributed by atoms with Crippen molar-refractivity contribution in [3.63, 3.8) is 0 Å². The van der Waals surface area contributed by atoms with Crippen LogP contribution in [0, 0.1) is 5.41 Å². The van der Waals surface area contributed by atoms with Gasteiger partial charge in [-0.3, -0.25) is 0 Å². The molecule has 0 aliphatic heterocycles. The summed E-state index contributed by atoms with van der Waals surface area (Å²) in [6.07, 6.45) is 0.686. The van der Waals surface area contributed by atoms with E-state index in [9.17, 15) is 8.42 Å². The lowest BCUT2D eigenvalue weighted by Gasteiger charge is -2.21. The van der Waals surface area contributed by atoms with Crippen molar-refractivity contribution in [1.29, 1.82) is 0 Å². The summed E-state index contributed by atoms with van der Waals surface area (Å²) in [5, 5.41) is 0. The third-order valence-electron chi connectivity index (χ3n) is 1.75. The summed E-state index contributed by atoms with van der Waals surface area (Å²) in [6.45, 7) is 9.59. The summed E-state index contributed by atoms with van der Waals surface area (Å²) in [7, 11) is -3.00. The van der Waals surface area contributed by atoms with Crippen LogP contribution in [0.1, 0.15) is 41.0 Å². The van der Waals surface area contributed by atoms with Crippen LogP contribution in [0.2, 0.25) is 0 Å². The SMILES string of the molecule is CC(C)(C)CCS(=O)(=O)CC(C)(C)N. The fourth-order valence-corrected chi connectivity index (χ4v) is 3.30. The number of rotatable bonds is 4. The second kappa shape index (κ2) is 4.19. The van der Waals surface area contributed by atoms with Crippen molar-refractivity contribution >= 4 is 9.84 Å². The van der Waals surface area contributed by atoms with Crippen LogP contribution in [0.5, 0.6) is 0 Å². The minimum atomic E-state index is -3.00. The van der Waals surface area contributed by atoms with Crippen molar-refractivity contribution in [3.05, 3.63) is 0 Å². The molecule has 0 amide bonds. The summed E-state index contributed by atoms with van der Waals surface area (Å²) in [6, 6.07) is 0. The van der Waals surface area contributed by atoms with Crippen molar-refractivity contribution in [2.75, 3.05) is 11.5 Å². The van der Waals surface area contributed by atoms with Gasteiger partial charge in [-0.1, -0.05) is 20.8 Å². The zero-order valence-corrected chi connectivity index (χ0v) is 10.7. The maximum absolute atomic E-state index is 11.6. The monoisotopic (exact) mass is 221 g/mol. The lowest BCUT2D eigenvalue weighted by Crippen LogP contribution is -2.40. The molecule has 0 fully saturated rings. The predicted molar refractivity (Wildman–Crippen MR) is 61.0 cm³/mol. The van der Waals surface area contributed by atoms with Crippen LogP contribution < -0.4 is 5.73 Å². The molecule has 0 spiro atoms. The highest BCUT2D eigenvalue weighted by Crippen LogP contribution is 2.20. The van der Waals surface area contributed by atoms with Gasteiger partial charge in [-0.2, -0.15) is 0 Å². The summed E-state index contributed by atoms with van der Waals surface area (Å²) in [4.78, 5) is 0. The van der Waals surface area contributed by atoms with E-state index in [1.54, 1.807) is 13.8 Å². The molecule has 14 heavy (non-hydrogen) atoms. The largest absolute Gasteiger partial charge is 0.325 e. The number of nitrogens with two attached hydrogens (primary N) is 1. The van der Waals surface area contributed by atoms with Crippen LogP contribution in [0.3, 0.4) is 0 Å². The first kappa shape index (κ1) is 13.9. The molecule has 0 rings (SSSR count). The highest BCUT2D eigenvalue weighted by molar-refractivity contribution is 7.91. The third-order valence-corrected chi connectivity index (χ3v) is 3.76. The Balaban J connectivity index is 4.25. The van der Waals surface area contributed by atoms with Crippen molar-refractivity contribution in [2.24, 2.45) is 11.1 Å². The highest BCUT2D eigenvalue weighted by atomic mass is 32.2. The fourth-order valence-electron chi connectivity index (χ4n) is 1.10. The van der Waals surface area contributed by atoms with E-state index in [0.717, 1.165) is 0 Å². The predicted octanol–water partition coefficient (Wildman–Crippen LogP) is 1.57. The first-order valence-electron chi connectivity index (χ1n) is 4.91. The minimum absolute atomic E-state index is 0.0613. The van der Waals surface area contributed by atoms with Crippen molar-refractivity contribution < 1.29 is 8.42 Å². The van der Waals surface area contributed by atoms with E-state index in [1.807, 2.05) is 20.8 Å². The maximum atomic E-state index is 11.6. The van der Waals surface area contributed by atoms with Gasteiger partial charge in [0.05, 0.1) is 11.5 Å². The Morgan fingerprint density at radius 3 is 1.79 bits per heavy atom. The first-order chi connectivity index (χ1) is 5.91. The van der Waals surface area contributed by atoms with E-state index in [4.69, 9.17) is 5.73 Å². The van der Waals surface area contributed by atoms with Gasteiger partial charge in [0.2, 0.25) is 0 Å². The lowest BCUT2D eigenvalue weighted by atomic mass is 9.94. The van der Waals surface area contributed by atoms with Crippen molar-refractivity contribution in [3.8, 4) is 0 Å². The van der Waals surface area contributed by atoms with Crippen LogP contribution in [0.4, 0.5) is 0 Å². The summed E-state index contributed by atoms with van der Waals surface area (Å²) < 4.78 is 23.2. The number of sulfone groups is 1. The van der Waals surface area contributed by atoms with Crippen LogP contribution >= 0.6 is 0 Å². The normalized spacial score (nSPS) is 14.4. The average molecular weight is 221 g/mol. The molecular weight excluding hydrogens is 198 g/mol. The molecule has 0 aromatic carbocycles. The summed E-state index contributed by atoms with van der Waals surface area (Å²) in [5.74, 6) is 0.299. The quantitative estimate of drug-likeness (QED) is 0.784. The molecule has 2 N–H and O–H groups in total. The molecule has 0 saturated carbocycles. The van der Waals surface area contributed by atoms with Gasteiger partial charge >= 0.3 is 0 Å². The first-order valence-corrected chi connectivity index (χ1v) is 6.73. The molecule has 0 saturated heterocycles. The Morgan fingerprint density at radius 2 is 1.50 bits per heavy atom. The number of hydrogen-bond acceptors (Lipinski definition) is 3. The molecule has 0 aliphatic carbocycles. The molecule has 4 heteroatoms. The van der Waals surface area contributed by atoms with Gasteiger partial charge in [-0.25, -0.2) is 8.42 Å². The van der Waals surface area contributed by atoms with Gasteiger partial charge in [0.15, 0.2) is 9.84 Å². The Hall–Kier alpha value is -0.0900. The average Bonchev–Trinajstić information content (AvgIpc) is 1.76. The van der Waals surface area contributed by atoms with Crippen LogP contribution in [0.25, 0.3) is 0 Å². The molecule has 0 unspecified atom stereocenters. The zero-order chi connectivity index (χ0) is 11.6. The van der Waals surface area contributed by atoms with Gasteiger partial charge in [-0.15, -0.1) is 0 Å². The Bertz CT molecular complexity index is 267. The van der Waals surface area contributed by atoms with E-state index >= 15 is 0 Å². The summed E-state index contributed by atoms with van der Waals surface area (Å²) in [5.41, 5.74) is 5.11. The Labute approximate surface area is 88.0 Å². The van der Waals surface area contributed by atoms with Crippen molar-refractivity contribution in [1.82, 2.24) is 0 Å². The Kier molecular flexibility index (Phi) is 4.16. The van der Waals surface area contributed by atoms with E-state index < -0.39 is 15.4 Å². The molecule has 0 radical (unpaired) electrons. The molecular formula is C10H23NO2S. The van der Waals surface area contributed by atoms with Crippen LogP contribution in [-0.2, 0) is 9.84 Å². The standard InChI is InChI=1S/C10H23NO2S/c1-9(2,3)6-7-14(12,13)8-10(4,5)11/h6-8,11H2,1-5H3. The number of hydrogen-bond donors (Lipinski definition) is 1. The molecule has 86 valence electrons. The second-order valence-corrected chi connectivity index (χ2v) is 8.08. The maximum Gasteiger partial charge on any atom is 0.152 e. The topological polar surface area (TPSA) is 60.2 Å². The van der Waals surface area contributed by atoms with E-state index in [-0.39, 0.29) is 16.9 Å². The molecule has 0 aromatic rings. The second-order valence-electron chi connectivity index (χ2n) is 5.89. The van der Waals surface area contributed by atoms with E-state index in [1.165, 1.54) is 0 Å². The van der Waals surface area contributed by atoms with Gasteiger partial charge < -0.3 is 5.73 Å². The van der Waals surface area contributed by atoms with E-state index in [0.29, 0.717) is 6.42 Å².